The number of fused-ring (bicyclic) bond motifs is 1. The Morgan fingerprint density at radius 1 is 1.41 bits per heavy atom. The van der Waals surface area contributed by atoms with Crippen LogP contribution in [0.4, 0.5) is 0 Å². The Balaban J connectivity index is 1.51. The van der Waals surface area contributed by atoms with Crippen molar-refractivity contribution >= 4 is 5.91 Å². The quantitative estimate of drug-likeness (QED) is 0.712. The monoisotopic (exact) mass is 400 g/mol. The molecule has 158 valence electrons. The first-order valence-electron chi connectivity index (χ1n) is 10.3. The highest BCUT2D eigenvalue weighted by atomic mass is 16.5. The molecule has 1 unspecified atom stereocenters. The molecule has 0 bridgehead atoms. The molecule has 1 atom stereocenters. The number of ether oxygens (including phenoxy) is 2. The molecule has 7 nitrogen and oxygen atoms in total. The molecule has 0 radical (unpaired) electrons. The smallest absolute Gasteiger partial charge is 0.220 e. The van der Waals surface area contributed by atoms with Crippen LogP contribution in [0.15, 0.2) is 18.2 Å². The third-order valence-corrected chi connectivity index (χ3v) is 5.51. The SMILES string of the molecule is CCC1CN(CCNC(=O)CCc2c(C)n[nH]c2C)Cc2cc(OC)ccc2O1. The van der Waals surface area contributed by atoms with Crippen molar-refractivity contribution in [3.63, 3.8) is 0 Å². The lowest BCUT2D eigenvalue weighted by Crippen LogP contribution is -2.38. The highest BCUT2D eigenvalue weighted by molar-refractivity contribution is 5.76. The van der Waals surface area contributed by atoms with Crippen molar-refractivity contribution in [2.24, 2.45) is 0 Å². The van der Waals surface area contributed by atoms with E-state index in [4.69, 9.17) is 9.47 Å². The first-order chi connectivity index (χ1) is 14.0. The van der Waals surface area contributed by atoms with E-state index in [1.807, 2.05) is 32.0 Å². The van der Waals surface area contributed by atoms with E-state index < -0.39 is 0 Å². The van der Waals surface area contributed by atoms with Crippen LogP contribution in [-0.4, -0.2) is 53.9 Å². The van der Waals surface area contributed by atoms with Crippen LogP contribution in [0.2, 0.25) is 0 Å². The zero-order valence-corrected chi connectivity index (χ0v) is 17.9. The van der Waals surface area contributed by atoms with Gasteiger partial charge in [0.1, 0.15) is 17.6 Å². The van der Waals surface area contributed by atoms with Gasteiger partial charge in [-0.3, -0.25) is 14.8 Å². The molecule has 0 spiro atoms. The van der Waals surface area contributed by atoms with Gasteiger partial charge in [-0.25, -0.2) is 0 Å². The lowest BCUT2D eigenvalue weighted by atomic mass is 10.1. The topological polar surface area (TPSA) is 79.5 Å². The first kappa shape index (κ1) is 21.2. The predicted octanol–water partition coefficient (Wildman–Crippen LogP) is 2.76. The lowest BCUT2D eigenvalue weighted by Gasteiger charge is -2.23. The van der Waals surface area contributed by atoms with Crippen LogP contribution >= 0.6 is 0 Å². The van der Waals surface area contributed by atoms with Crippen LogP contribution in [0.1, 0.15) is 42.3 Å². The van der Waals surface area contributed by atoms with Gasteiger partial charge in [-0.1, -0.05) is 6.92 Å². The van der Waals surface area contributed by atoms with Gasteiger partial charge in [-0.15, -0.1) is 0 Å². The van der Waals surface area contributed by atoms with Crippen LogP contribution in [0.25, 0.3) is 0 Å². The molecular weight excluding hydrogens is 368 g/mol. The molecule has 1 amide bonds. The maximum absolute atomic E-state index is 12.3. The lowest BCUT2D eigenvalue weighted by molar-refractivity contribution is -0.121. The number of nitrogens with zero attached hydrogens (tertiary/aromatic N) is 2. The number of carbonyl (C=O) groups is 1. The number of aryl methyl sites for hydroxylation is 2. The maximum Gasteiger partial charge on any atom is 0.220 e. The standard InChI is InChI=1S/C22H32N4O3/c1-5-18-14-26(13-17-12-19(28-4)6-8-21(17)29-18)11-10-23-22(27)9-7-20-15(2)24-25-16(20)3/h6,8,12,18H,5,7,9-11,13-14H2,1-4H3,(H,23,27)(H,24,25). The van der Waals surface area contributed by atoms with Gasteiger partial charge in [0.05, 0.1) is 12.8 Å². The second kappa shape index (κ2) is 9.78. The van der Waals surface area contributed by atoms with E-state index in [9.17, 15) is 4.79 Å². The fourth-order valence-electron chi connectivity index (χ4n) is 3.74. The van der Waals surface area contributed by atoms with Crippen molar-refractivity contribution in [1.82, 2.24) is 20.4 Å². The summed E-state index contributed by atoms with van der Waals surface area (Å²) < 4.78 is 11.5. The van der Waals surface area contributed by atoms with Crippen molar-refractivity contribution < 1.29 is 14.3 Å². The average molecular weight is 401 g/mol. The summed E-state index contributed by atoms with van der Waals surface area (Å²) in [6.07, 6.45) is 2.27. The van der Waals surface area contributed by atoms with Crippen LogP contribution in [0, 0.1) is 13.8 Å². The molecule has 3 rings (SSSR count). The number of carbonyl (C=O) groups excluding carboxylic acids is 1. The van der Waals surface area contributed by atoms with Crippen LogP contribution in [0.5, 0.6) is 11.5 Å². The Kier molecular flexibility index (Phi) is 7.14. The molecule has 2 N–H and O–H groups in total. The van der Waals surface area contributed by atoms with Crippen LogP contribution in [0.3, 0.4) is 0 Å². The van der Waals surface area contributed by atoms with E-state index in [2.05, 4.69) is 27.3 Å². The van der Waals surface area contributed by atoms with E-state index in [1.54, 1.807) is 7.11 Å². The zero-order chi connectivity index (χ0) is 20.8. The van der Waals surface area contributed by atoms with E-state index >= 15 is 0 Å². The molecule has 0 aliphatic carbocycles. The largest absolute Gasteiger partial charge is 0.497 e. The van der Waals surface area contributed by atoms with Crippen LogP contribution in [-0.2, 0) is 17.8 Å². The fraction of sp³-hybridized carbons (Fsp3) is 0.545. The van der Waals surface area contributed by atoms with Gasteiger partial charge in [0.25, 0.3) is 0 Å². The van der Waals surface area contributed by atoms with Gasteiger partial charge < -0.3 is 14.8 Å². The minimum Gasteiger partial charge on any atom is -0.497 e. The molecule has 1 aliphatic heterocycles. The van der Waals surface area contributed by atoms with Crippen molar-refractivity contribution in [1.29, 1.82) is 0 Å². The second-order valence-electron chi connectivity index (χ2n) is 7.62. The fourth-order valence-corrected chi connectivity index (χ4v) is 3.74. The number of benzene rings is 1. The Morgan fingerprint density at radius 3 is 2.93 bits per heavy atom. The van der Waals surface area contributed by atoms with E-state index in [0.29, 0.717) is 19.4 Å². The number of rotatable bonds is 8. The number of H-pyrrole nitrogens is 1. The number of hydrogen-bond acceptors (Lipinski definition) is 5. The minimum atomic E-state index is 0.0742. The van der Waals surface area contributed by atoms with Gasteiger partial charge in [-0.05, 0) is 50.5 Å². The number of methoxy groups -OCH3 is 1. The molecule has 1 aromatic heterocycles. The van der Waals surface area contributed by atoms with Gasteiger partial charge in [0.2, 0.25) is 5.91 Å². The molecule has 1 aliphatic rings. The summed E-state index contributed by atoms with van der Waals surface area (Å²) in [5.74, 6) is 1.83. The van der Waals surface area contributed by atoms with Crippen molar-refractivity contribution in [2.45, 2.75) is 52.7 Å². The summed E-state index contributed by atoms with van der Waals surface area (Å²) in [4.78, 5) is 14.6. The predicted molar refractivity (Wildman–Crippen MR) is 112 cm³/mol. The van der Waals surface area contributed by atoms with Crippen molar-refractivity contribution in [3.8, 4) is 11.5 Å². The molecule has 2 aromatic rings. The number of hydrogen-bond donors (Lipinski definition) is 2. The van der Waals surface area contributed by atoms with Gasteiger partial charge in [-0.2, -0.15) is 5.10 Å². The number of nitrogens with one attached hydrogen (secondary N) is 2. The van der Waals surface area contributed by atoms with Gasteiger partial charge in [0.15, 0.2) is 0 Å². The molecule has 0 saturated heterocycles. The third kappa shape index (κ3) is 5.50. The molecule has 2 heterocycles. The normalized spacial score (nSPS) is 16.6. The second-order valence-corrected chi connectivity index (χ2v) is 7.62. The third-order valence-electron chi connectivity index (χ3n) is 5.51. The highest BCUT2D eigenvalue weighted by Gasteiger charge is 2.22. The molecule has 0 fully saturated rings. The van der Waals surface area contributed by atoms with E-state index in [-0.39, 0.29) is 12.0 Å². The Hall–Kier alpha value is -2.54. The molecular formula is C22H32N4O3. The van der Waals surface area contributed by atoms with Crippen molar-refractivity contribution in [2.75, 3.05) is 26.7 Å². The number of amides is 1. The summed E-state index contributed by atoms with van der Waals surface area (Å²) in [7, 11) is 1.67. The number of aromatic amines is 1. The average Bonchev–Trinajstić information content (AvgIpc) is 2.93. The summed E-state index contributed by atoms with van der Waals surface area (Å²) in [5, 5.41) is 10.2. The van der Waals surface area contributed by atoms with Gasteiger partial charge in [0, 0.05) is 43.9 Å². The zero-order valence-electron chi connectivity index (χ0n) is 17.9. The van der Waals surface area contributed by atoms with Gasteiger partial charge >= 0.3 is 0 Å². The Morgan fingerprint density at radius 2 is 2.24 bits per heavy atom. The first-order valence-corrected chi connectivity index (χ1v) is 10.3. The van der Waals surface area contributed by atoms with Crippen LogP contribution < -0.4 is 14.8 Å². The maximum atomic E-state index is 12.3. The summed E-state index contributed by atoms with van der Waals surface area (Å²) in [5.41, 5.74) is 4.28. The van der Waals surface area contributed by atoms with Crippen molar-refractivity contribution in [3.05, 3.63) is 40.7 Å². The highest BCUT2D eigenvalue weighted by Crippen LogP contribution is 2.29. The molecule has 29 heavy (non-hydrogen) atoms. The summed E-state index contributed by atoms with van der Waals surface area (Å²) in [6.45, 7) is 9.13. The summed E-state index contributed by atoms with van der Waals surface area (Å²) >= 11 is 0. The van der Waals surface area contributed by atoms with E-state index in [0.717, 1.165) is 60.1 Å². The number of aromatic nitrogens is 2. The Labute approximate surface area is 172 Å². The molecule has 1 aromatic carbocycles. The molecule has 0 saturated carbocycles. The minimum absolute atomic E-state index is 0.0742. The Bertz CT molecular complexity index is 814. The van der Waals surface area contributed by atoms with E-state index in [1.165, 1.54) is 0 Å². The molecule has 7 heteroatoms. The summed E-state index contributed by atoms with van der Waals surface area (Å²) in [6, 6.07) is 5.96.